The molecule has 1 aliphatic heterocycles. The topological polar surface area (TPSA) is 57.5 Å². The van der Waals surface area contributed by atoms with Crippen molar-refractivity contribution < 1.29 is 0 Å². The number of aliphatic imine (C=N–C) groups is 1. The molecule has 7 heteroatoms. The molecule has 1 aromatic carbocycles. The zero-order valence-corrected chi connectivity index (χ0v) is 20.6. The van der Waals surface area contributed by atoms with Gasteiger partial charge in [0, 0.05) is 57.4 Å². The molecule has 2 unspecified atom stereocenters. The predicted molar refractivity (Wildman–Crippen MR) is 131 cm³/mol. The maximum atomic E-state index is 4.53. The molecular weight excluding hydrogens is 475 g/mol. The second-order valence-corrected chi connectivity index (χ2v) is 8.44. The minimum atomic E-state index is -0.0618. The van der Waals surface area contributed by atoms with E-state index in [1.54, 1.807) is 0 Å². The number of rotatable bonds is 6. The molecule has 0 spiro atoms. The second kappa shape index (κ2) is 10.4. The van der Waals surface area contributed by atoms with Gasteiger partial charge in [0.25, 0.3) is 0 Å². The standard InChI is InChI=1S/C22H34N6.HI/c1-17(18-9-7-6-8-10-18)26-22(2,3)16-24-21(23-4)28-12-11-19(15-28)20-13-25-27(5)14-20;/h6-10,13-14,17,19,26H,11-12,15-16H2,1-5H3,(H,23,24);1H. The molecule has 1 aliphatic rings. The Hall–Kier alpha value is -1.61. The van der Waals surface area contributed by atoms with Gasteiger partial charge in [0.15, 0.2) is 5.96 Å². The van der Waals surface area contributed by atoms with E-state index in [1.807, 2.05) is 25.0 Å². The van der Waals surface area contributed by atoms with Crippen LogP contribution in [0.3, 0.4) is 0 Å². The predicted octanol–water partition coefficient (Wildman–Crippen LogP) is 3.53. The molecule has 1 fully saturated rings. The van der Waals surface area contributed by atoms with Crippen LogP contribution in [0, 0.1) is 0 Å². The Kier molecular flexibility index (Phi) is 8.51. The van der Waals surface area contributed by atoms with Crippen LogP contribution < -0.4 is 10.6 Å². The van der Waals surface area contributed by atoms with Gasteiger partial charge in [0.2, 0.25) is 0 Å². The van der Waals surface area contributed by atoms with Gasteiger partial charge in [-0.25, -0.2) is 0 Å². The maximum absolute atomic E-state index is 4.53. The van der Waals surface area contributed by atoms with Crippen molar-refractivity contribution in [3.8, 4) is 0 Å². The lowest BCUT2D eigenvalue weighted by atomic mass is 10.0. The van der Waals surface area contributed by atoms with Gasteiger partial charge in [0.1, 0.15) is 0 Å². The molecule has 2 N–H and O–H groups in total. The molecule has 0 amide bonds. The first-order valence-electron chi connectivity index (χ1n) is 10.1. The molecule has 2 heterocycles. The third-order valence-electron chi connectivity index (χ3n) is 5.49. The molecule has 2 atom stereocenters. The molecule has 1 aromatic heterocycles. The van der Waals surface area contributed by atoms with Gasteiger partial charge in [-0.15, -0.1) is 24.0 Å². The van der Waals surface area contributed by atoms with Crippen LogP contribution in [0.1, 0.15) is 50.3 Å². The third-order valence-corrected chi connectivity index (χ3v) is 5.49. The Balaban J connectivity index is 0.00000300. The van der Waals surface area contributed by atoms with Crippen molar-refractivity contribution in [3.63, 3.8) is 0 Å². The first kappa shape index (κ1) is 23.7. The van der Waals surface area contributed by atoms with Crippen LogP contribution in [0.4, 0.5) is 0 Å². The molecule has 0 radical (unpaired) electrons. The number of guanidine groups is 1. The fourth-order valence-corrected chi connectivity index (χ4v) is 3.97. The Morgan fingerprint density at radius 1 is 1.31 bits per heavy atom. The molecule has 29 heavy (non-hydrogen) atoms. The SMILES string of the molecule is CN=C(NCC(C)(C)NC(C)c1ccccc1)N1CCC(c2cnn(C)c2)C1.I. The van der Waals surface area contributed by atoms with E-state index < -0.39 is 0 Å². The van der Waals surface area contributed by atoms with Crippen molar-refractivity contribution in [1.82, 2.24) is 25.3 Å². The minimum absolute atomic E-state index is 0. The van der Waals surface area contributed by atoms with Gasteiger partial charge < -0.3 is 15.5 Å². The Morgan fingerprint density at radius 2 is 2.03 bits per heavy atom. The summed E-state index contributed by atoms with van der Waals surface area (Å²) in [5.41, 5.74) is 2.56. The van der Waals surface area contributed by atoms with E-state index in [0.717, 1.165) is 32.0 Å². The first-order chi connectivity index (χ1) is 13.4. The lowest BCUT2D eigenvalue weighted by molar-refractivity contribution is 0.339. The largest absolute Gasteiger partial charge is 0.354 e. The number of aryl methyl sites for hydroxylation is 1. The Labute approximate surface area is 192 Å². The number of likely N-dealkylation sites (tertiary alicyclic amines) is 1. The number of aromatic nitrogens is 2. The summed E-state index contributed by atoms with van der Waals surface area (Å²) in [5.74, 6) is 1.50. The van der Waals surface area contributed by atoms with E-state index in [2.05, 4.69) is 82.9 Å². The summed E-state index contributed by atoms with van der Waals surface area (Å²) in [7, 11) is 3.84. The number of hydrogen-bond acceptors (Lipinski definition) is 3. The number of benzene rings is 1. The highest BCUT2D eigenvalue weighted by Crippen LogP contribution is 2.26. The van der Waals surface area contributed by atoms with E-state index in [0.29, 0.717) is 12.0 Å². The van der Waals surface area contributed by atoms with E-state index >= 15 is 0 Å². The Bertz CT molecular complexity index is 786. The van der Waals surface area contributed by atoms with E-state index in [4.69, 9.17) is 0 Å². The van der Waals surface area contributed by atoms with Gasteiger partial charge in [-0.1, -0.05) is 30.3 Å². The highest BCUT2D eigenvalue weighted by atomic mass is 127. The summed E-state index contributed by atoms with van der Waals surface area (Å²) in [4.78, 5) is 6.88. The van der Waals surface area contributed by atoms with Crippen LogP contribution in [0.25, 0.3) is 0 Å². The fraction of sp³-hybridized carbons (Fsp3) is 0.545. The van der Waals surface area contributed by atoms with Crippen molar-refractivity contribution in [2.24, 2.45) is 12.0 Å². The zero-order chi connectivity index (χ0) is 20.1. The third kappa shape index (κ3) is 6.44. The summed E-state index contributed by atoms with van der Waals surface area (Å²) < 4.78 is 1.88. The molecule has 3 rings (SSSR count). The average molecular weight is 510 g/mol. The van der Waals surface area contributed by atoms with Crippen LogP contribution in [-0.4, -0.2) is 52.9 Å². The van der Waals surface area contributed by atoms with Gasteiger partial charge in [-0.2, -0.15) is 5.10 Å². The van der Waals surface area contributed by atoms with Crippen LogP contribution in [0.2, 0.25) is 0 Å². The van der Waals surface area contributed by atoms with Gasteiger partial charge in [0.05, 0.1) is 6.20 Å². The molecule has 0 aliphatic carbocycles. The summed E-state index contributed by atoms with van der Waals surface area (Å²) in [6.07, 6.45) is 5.25. The second-order valence-electron chi connectivity index (χ2n) is 8.44. The van der Waals surface area contributed by atoms with Gasteiger partial charge >= 0.3 is 0 Å². The van der Waals surface area contributed by atoms with Crippen molar-refractivity contribution in [2.75, 3.05) is 26.7 Å². The van der Waals surface area contributed by atoms with Crippen molar-refractivity contribution in [2.45, 2.75) is 44.7 Å². The molecule has 160 valence electrons. The molecular formula is C22H35IN6. The lowest BCUT2D eigenvalue weighted by Gasteiger charge is -2.32. The Morgan fingerprint density at radius 3 is 2.66 bits per heavy atom. The first-order valence-corrected chi connectivity index (χ1v) is 10.1. The zero-order valence-electron chi connectivity index (χ0n) is 18.2. The molecule has 2 aromatic rings. The van der Waals surface area contributed by atoms with Crippen LogP contribution in [0.15, 0.2) is 47.7 Å². The van der Waals surface area contributed by atoms with Crippen LogP contribution >= 0.6 is 24.0 Å². The molecule has 1 saturated heterocycles. The highest BCUT2D eigenvalue weighted by molar-refractivity contribution is 14.0. The molecule has 0 bridgehead atoms. The number of hydrogen-bond donors (Lipinski definition) is 2. The van der Waals surface area contributed by atoms with Crippen molar-refractivity contribution >= 4 is 29.9 Å². The minimum Gasteiger partial charge on any atom is -0.354 e. The van der Waals surface area contributed by atoms with E-state index in [1.165, 1.54) is 11.1 Å². The number of nitrogens with one attached hydrogen (secondary N) is 2. The number of halogens is 1. The normalized spacial score (nSPS) is 18.4. The van der Waals surface area contributed by atoms with E-state index in [9.17, 15) is 0 Å². The summed E-state index contributed by atoms with van der Waals surface area (Å²) in [6.45, 7) is 9.49. The smallest absolute Gasteiger partial charge is 0.193 e. The maximum Gasteiger partial charge on any atom is 0.193 e. The summed E-state index contributed by atoms with van der Waals surface area (Å²) in [5, 5.41) is 11.6. The monoisotopic (exact) mass is 510 g/mol. The van der Waals surface area contributed by atoms with Gasteiger partial charge in [-0.05, 0) is 38.3 Å². The summed E-state index contributed by atoms with van der Waals surface area (Å²) in [6, 6.07) is 10.9. The number of nitrogens with zero attached hydrogens (tertiary/aromatic N) is 4. The molecule has 6 nitrogen and oxygen atoms in total. The lowest BCUT2D eigenvalue weighted by Crippen LogP contribution is -2.52. The van der Waals surface area contributed by atoms with Gasteiger partial charge in [-0.3, -0.25) is 9.67 Å². The molecule has 0 saturated carbocycles. The average Bonchev–Trinajstić information content (AvgIpc) is 3.32. The van der Waals surface area contributed by atoms with Crippen LogP contribution in [0.5, 0.6) is 0 Å². The highest BCUT2D eigenvalue weighted by Gasteiger charge is 2.28. The van der Waals surface area contributed by atoms with E-state index in [-0.39, 0.29) is 29.5 Å². The van der Waals surface area contributed by atoms with Crippen LogP contribution in [-0.2, 0) is 7.05 Å². The quantitative estimate of drug-likeness (QED) is 0.355. The summed E-state index contributed by atoms with van der Waals surface area (Å²) >= 11 is 0. The van der Waals surface area contributed by atoms with Crippen molar-refractivity contribution in [3.05, 3.63) is 53.9 Å². The fourth-order valence-electron chi connectivity index (χ4n) is 3.97. The van der Waals surface area contributed by atoms with Crippen molar-refractivity contribution in [1.29, 1.82) is 0 Å².